The van der Waals surface area contributed by atoms with Crippen molar-refractivity contribution in [2.45, 2.75) is 38.1 Å². The Labute approximate surface area is 131 Å². The van der Waals surface area contributed by atoms with Gasteiger partial charge in [-0.15, -0.1) is 0 Å². The number of carbonyl (C=O) groups is 1. The minimum absolute atomic E-state index is 0.0799. The summed E-state index contributed by atoms with van der Waals surface area (Å²) in [5.74, 6) is 0.0799. The first kappa shape index (κ1) is 14.8. The summed E-state index contributed by atoms with van der Waals surface area (Å²) in [6.45, 7) is 4.17. The topological polar surface area (TPSA) is 36.4 Å². The molecule has 4 nitrogen and oxygen atoms in total. The standard InChI is InChI=1S/C16H22ClN3O/c17-15-5-4-13(12-18-15)16(21)20-10-6-14(7-11-20)19-8-2-1-3-9-19/h4-5,12,14H,1-3,6-11H2. The second-order valence-corrected chi connectivity index (χ2v) is 6.38. The van der Waals surface area contributed by atoms with Crippen LogP contribution >= 0.6 is 11.6 Å². The zero-order chi connectivity index (χ0) is 14.7. The maximum Gasteiger partial charge on any atom is 0.255 e. The number of amides is 1. The second kappa shape index (κ2) is 6.75. The SMILES string of the molecule is O=C(c1ccc(Cl)nc1)N1CCC(N2CCCCC2)CC1. The van der Waals surface area contributed by atoms with Crippen LogP contribution in [0.3, 0.4) is 0 Å². The number of piperidine rings is 2. The lowest BCUT2D eigenvalue weighted by Gasteiger charge is -2.40. The Bertz CT molecular complexity index is 477. The fourth-order valence-electron chi connectivity index (χ4n) is 3.40. The summed E-state index contributed by atoms with van der Waals surface area (Å²) < 4.78 is 0. The minimum Gasteiger partial charge on any atom is -0.338 e. The predicted octanol–water partition coefficient (Wildman–Crippen LogP) is 2.83. The van der Waals surface area contributed by atoms with Crippen LogP contribution < -0.4 is 0 Å². The highest BCUT2D eigenvalue weighted by Gasteiger charge is 2.28. The highest BCUT2D eigenvalue weighted by Crippen LogP contribution is 2.22. The van der Waals surface area contributed by atoms with Crippen LogP contribution in [0.25, 0.3) is 0 Å². The van der Waals surface area contributed by atoms with Crippen LogP contribution in [-0.2, 0) is 0 Å². The van der Waals surface area contributed by atoms with Crippen molar-refractivity contribution >= 4 is 17.5 Å². The summed E-state index contributed by atoms with van der Waals surface area (Å²) in [5, 5.41) is 0.426. The van der Waals surface area contributed by atoms with Gasteiger partial charge in [-0.25, -0.2) is 4.98 Å². The molecule has 2 fully saturated rings. The number of carbonyl (C=O) groups excluding carboxylic acids is 1. The average molecular weight is 308 g/mol. The van der Waals surface area contributed by atoms with Gasteiger partial charge in [0.05, 0.1) is 5.56 Å². The number of likely N-dealkylation sites (tertiary alicyclic amines) is 2. The van der Waals surface area contributed by atoms with Gasteiger partial charge in [0, 0.05) is 25.3 Å². The number of rotatable bonds is 2. The minimum atomic E-state index is 0.0799. The average Bonchev–Trinajstić information content (AvgIpc) is 2.56. The van der Waals surface area contributed by atoms with Crippen molar-refractivity contribution < 1.29 is 4.79 Å². The highest BCUT2D eigenvalue weighted by molar-refractivity contribution is 6.29. The van der Waals surface area contributed by atoms with E-state index in [2.05, 4.69) is 9.88 Å². The molecule has 2 saturated heterocycles. The lowest BCUT2D eigenvalue weighted by molar-refractivity contribution is 0.0589. The molecule has 0 atom stereocenters. The van der Waals surface area contributed by atoms with E-state index in [0.717, 1.165) is 25.9 Å². The van der Waals surface area contributed by atoms with Crippen LogP contribution in [0.2, 0.25) is 5.15 Å². The van der Waals surface area contributed by atoms with E-state index in [4.69, 9.17) is 11.6 Å². The van der Waals surface area contributed by atoms with E-state index in [9.17, 15) is 4.79 Å². The summed E-state index contributed by atoms with van der Waals surface area (Å²) in [6.07, 6.45) is 7.78. The number of hydrogen-bond donors (Lipinski definition) is 0. The summed E-state index contributed by atoms with van der Waals surface area (Å²) in [7, 11) is 0. The van der Waals surface area contributed by atoms with E-state index < -0.39 is 0 Å². The first-order chi connectivity index (χ1) is 10.2. The maximum atomic E-state index is 12.4. The Morgan fingerprint density at radius 1 is 1.10 bits per heavy atom. The van der Waals surface area contributed by atoms with Gasteiger partial charge in [0.15, 0.2) is 0 Å². The van der Waals surface area contributed by atoms with E-state index in [1.165, 1.54) is 32.4 Å². The number of aromatic nitrogens is 1. The predicted molar refractivity (Wildman–Crippen MR) is 83.6 cm³/mol. The number of hydrogen-bond acceptors (Lipinski definition) is 3. The molecule has 0 radical (unpaired) electrons. The van der Waals surface area contributed by atoms with Crippen molar-refractivity contribution in [1.29, 1.82) is 0 Å². The summed E-state index contributed by atoms with van der Waals surface area (Å²) in [6, 6.07) is 4.10. The Kier molecular flexibility index (Phi) is 4.76. The largest absolute Gasteiger partial charge is 0.338 e. The molecule has 0 aliphatic carbocycles. The van der Waals surface area contributed by atoms with Crippen molar-refractivity contribution in [1.82, 2.24) is 14.8 Å². The number of pyridine rings is 1. The third-order valence-electron chi connectivity index (χ3n) is 4.63. The lowest BCUT2D eigenvalue weighted by atomic mass is 9.99. The van der Waals surface area contributed by atoms with Crippen molar-refractivity contribution in [3.05, 3.63) is 29.0 Å². The van der Waals surface area contributed by atoms with Crippen LogP contribution in [0.4, 0.5) is 0 Å². The van der Waals surface area contributed by atoms with E-state index in [-0.39, 0.29) is 5.91 Å². The molecular weight excluding hydrogens is 286 g/mol. The normalized spacial score (nSPS) is 21.5. The molecule has 0 unspecified atom stereocenters. The molecule has 1 aromatic heterocycles. The number of halogens is 1. The lowest BCUT2D eigenvalue weighted by Crippen LogP contribution is -2.48. The summed E-state index contributed by atoms with van der Waals surface area (Å²) in [4.78, 5) is 21.0. The first-order valence-corrected chi connectivity index (χ1v) is 8.27. The first-order valence-electron chi connectivity index (χ1n) is 7.89. The van der Waals surface area contributed by atoms with Gasteiger partial charge in [-0.1, -0.05) is 18.0 Å². The van der Waals surface area contributed by atoms with E-state index >= 15 is 0 Å². The second-order valence-electron chi connectivity index (χ2n) is 5.99. The molecule has 0 aromatic carbocycles. The zero-order valence-electron chi connectivity index (χ0n) is 12.3. The highest BCUT2D eigenvalue weighted by atomic mass is 35.5. The Morgan fingerprint density at radius 3 is 2.43 bits per heavy atom. The molecule has 0 spiro atoms. The smallest absolute Gasteiger partial charge is 0.255 e. The fraction of sp³-hybridized carbons (Fsp3) is 0.625. The number of nitrogens with zero attached hydrogens (tertiary/aromatic N) is 3. The molecule has 0 saturated carbocycles. The third kappa shape index (κ3) is 3.55. The summed E-state index contributed by atoms with van der Waals surface area (Å²) in [5.41, 5.74) is 0.635. The van der Waals surface area contributed by atoms with Crippen molar-refractivity contribution in [3.63, 3.8) is 0 Å². The molecule has 3 heterocycles. The maximum absolute atomic E-state index is 12.4. The quantitative estimate of drug-likeness (QED) is 0.788. The van der Waals surface area contributed by atoms with Gasteiger partial charge >= 0.3 is 0 Å². The third-order valence-corrected chi connectivity index (χ3v) is 4.86. The molecule has 114 valence electrons. The zero-order valence-corrected chi connectivity index (χ0v) is 13.1. The monoisotopic (exact) mass is 307 g/mol. The van der Waals surface area contributed by atoms with Crippen LogP contribution in [-0.4, -0.2) is 52.9 Å². The van der Waals surface area contributed by atoms with Crippen molar-refractivity contribution in [2.75, 3.05) is 26.2 Å². The molecule has 1 aromatic rings. The van der Waals surface area contributed by atoms with Gasteiger partial charge in [-0.05, 0) is 50.9 Å². The van der Waals surface area contributed by atoms with Gasteiger partial charge in [0.25, 0.3) is 5.91 Å². The molecule has 3 rings (SSSR count). The Hall–Kier alpha value is -1.13. The van der Waals surface area contributed by atoms with E-state index in [0.29, 0.717) is 16.8 Å². The van der Waals surface area contributed by atoms with Gasteiger partial charge in [-0.3, -0.25) is 4.79 Å². The fourth-order valence-corrected chi connectivity index (χ4v) is 3.51. The molecular formula is C16H22ClN3O. The molecule has 1 amide bonds. The van der Waals surface area contributed by atoms with Crippen molar-refractivity contribution in [2.24, 2.45) is 0 Å². The Morgan fingerprint density at radius 2 is 1.81 bits per heavy atom. The Balaban J connectivity index is 1.55. The van der Waals surface area contributed by atoms with Crippen LogP contribution in [0, 0.1) is 0 Å². The van der Waals surface area contributed by atoms with Gasteiger partial charge in [-0.2, -0.15) is 0 Å². The molecule has 21 heavy (non-hydrogen) atoms. The van der Waals surface area contributed by atoms with Crippen molar-refractivity contribution in [3.8, 4) is 0 Å². The molecule has 0 N–H and O–H groups in total. The van der Waals surface area contributed by atoms with E-state index in [1.807, 2.05) is 4.90 Å². The van der Waals surface area contributed by atoms with E-state index in [1.54, 1.807) is 18.3 Å². The van der Waals surface area contributed by atoms with Crippen LogP contribution in [0.1, 0.15) is 42.5 Å². The molecule has 2 aliphatic rings. The molecule has 2 aliphatic heterocycles. The van der Waals surface area contributed by atoms with Gasteiger partial charge < -0.3 is 9.80 Å². The summed E-state index contributed by atoms with van der Waals surface area (Å²) >= 11 is 5.77. The van der Waals surface area contributed by atoms with Gasteiger partial charge in [0.2, 0.25) is 0 Å². The molecule has 0 bridgehead atoms. The van der Waals surface area contributed by atoms with Crippen LogP contribution in [0.5, 0.6) is 0 Å². The van der Waals surface area contributed by atoms with Crippen LogP contribution in [0.15, 0.2) is 18.3 Å². The van der Waals surface area contributed by atoms with Gasteiger partial charge in [0.1, 0.15) is 5.15 Å². The molecule has 5 heteroatoms.